The number of carbonyl (C=O) groups is 2. The van der Waals surface area contributed by atoms with Crippen molar-refractivity contribution in [3.63, 3.8) is 0 Å². The monoisotopic (exact) mass is 361 g/mol. The Labute approximate surface area is 153 Å². The molecule has 1 aromatic heterocycles. The van der Waals surface area contributed by atoms with Gasteiger partial charge in [-0.25, -0.2) is 0 Å². The lowest BCUT2D eigenvalue weighted by Gasteiger charge is -2.35. The predicted octanol–water partition coefficient (Wildman–Crippen LogP) is -0.155. The summed E-state index contributed by atoms with van der Waals surface area (Å²) in [7, 11) is 3.52. The van der Waals surface area contributed by atoms with Crippen molar-refractivity contribution in [2.45, 2.75) is 43.9 Å². The number of rotatable bonds is 6. The molecule has 3 heterocycles. The van der Waals surface area contributed by atoms with Crippen molar-refractivity contribution in [3.05, 3.63) is 24.3 Å². The van der Waals surface area contributed by atoms with Crippen LogP contribution in [0.1, 0.15) is 25.0 Å². The van der Waals surface area contributed by atoms with Crippen LogP contribution in [0.3, 0.4) is 0 Å². The standard InChI is InChI=1S/C18H27N5O3/c1-22(2)18(25)8-16-11-23-10-14(7-15(23)12-26-16)21-17(24)4-3-13-9-19-5-6-20-13/h5-6,9,14-16H,3-4,7-8,10-12H2,1-2H3,(H,21,24)/t14-,15-,16-/m0/s1. The van der Waals surface area contributed by atoms with Gasteiger partial charge in [-0.2, -0.15) is 0 Å². The van der Waals surface area contributed by atoms with E-state index >= 15 is 0 Å². The first-order valence-electron chi connectivity index (χ1n) is 9.11. The van der Waals surface area contributed by atoms with Gasteiger partial charge in [-0.05, 0) is 12.8 Å². The van der Waals surface area contributed by atoms with Crippen molar-refractivity contribution in [2.24, 2.45) is 0 Å². The van der Waals surface area contributed by atoms with Crippen LogP contribution in [0.2, 0.25) is 0 Å². The van der Waals surface area contributed by atoms with Crippen molar-refractivity contribution in [1.82, 2.24) is 25.1 Å². The Bertz CT molecular complexity index is 625. The van der Waals surface area contributed by atoms with Gasteiger partial charge in [-0.3, -0.25) is 24.5 Å². The first-order chi connectivity index (χ1) is 12.5. The Kier molecular flexibility index (Phi) is 6.16. The first-order valence-corrected chi connectivity index (χ1v) is 9.11. The number of hydrogen-bond donors (Lipinski definition) is 1. The highest BCUT2D eigenvalue weighted by molar-refractivity contribution is 5.76. The number of aromatic nitrogens is 2. The predicted molar refractivity (Wildman–Crippen MR) is 95.3 cm³/mol. The summed E-state index contributed by atoms with van der Waals surface area (Å²) in [4.78, 5) is 36.2. The third kappa shape index (κ3) is 4.98. The van der Waals surface area contributed by atoms with E-state index in [1.165, 1.54) is 0 Å². The van der Waals surface area contributed by atoms with Gasteiger partial charge in [0.15, 0.2) is 0 Å². The van der Waals surface area contributed by atoms with Crippen molar-refractivity contribution >= 4 is 11.8 Å². The van der Waals surface area contributed by atoms with E-state index in [2.05, 4.69) is 20.2 Å². The van der Waals surface area contributed by atoms with Crippen LogP contribution < -0.4 is 5.32 Å². The number of aryl methyl sites for hydroxylation is 1. The van der Waals surface area contributed by atoms with Crippen molar-refractivity contribution < 1.29 is 14.3 Å². The molecule has 26 heavy (non-hydrogen) atoms. The van der Waals surface area contributed by atoms with E-state index in [0.29, 0.717) is 31.9 Å². The first kappa shape index (κ1) is 18.7. The zero-order chi connectivity index (χ0) is 18.5. The summed E-state index contributed by atoms with van der Waals surface area (Å²) in [5, 5.41) is 3.12. The Morgan fingerprint density at radius 1 is 1.35 bits per heavy atom. The van der Waals surface area contributed by atoms with Gasteiger partial charge < -0.3 is 15.0 Å². The topological polar surface area (TPSA) is 87.7 Å². The van der Waals surface area contributed by atoms with Gasteiger partial charge in [0.2, 0.25) is 11.8 Å². The molecular formula is C18H27N5O3. The summed E-state index contributed by atoms with van der Waals surface area (Å²) >= 11 is 0. The molecule has 2 fully saturated rings. The van der Waals surface area contributed by atoms with Gasteiger partial charge in [0.05, 0.1) is 24.8 Å². The number of morpholine rings is 1. The highest BCUT2D eigenvalue weighted by Gasteiger charge is 2.38. The largest absolute Gasteiger partial charge is 0.375 e. The third-order valence-corrected chi connectivity index (χ3v) is 4.98. The lowest BCUT2D eigenvalue weighted by atomic mass is 10.1. The summed E-state index contributed by atoms with van der Waals surface area (Å²) in [6, 6.07) is 0.465. The van der Waals surface area contributed by atoms with E-state index in [0.717, 1.165) is 25.2 Å². The Morgan fingerprint density at radius 2 is 2.19 bits per heavy atom. The molecule has 1 N–H and O–H groups in total. The number of ether oxygens (including phenoxy) is 1. The molecule has 0 spiro atoms. The fraction of sp³-hybridized carbons (Fsp3) is 0.667. The Morgan fingerprint density at radius 3 is 2.92 bits per heavy atom. The smallest absolute Gasteiger partial charge is 0.224 e. The number of hydrogen-bond acceptors (Lipinski definition) is 6. The van der Waals surface area contributed by atoms with Crippen LogP contribution >= 0.6 is 0 Å². The maximum absolute atomic E-state index is 12.2. The van der Waals surface area contributed by atoms with Crippen molar-refractivity contribution in [3.8, 4) is 0 Å². The second-order valence-electron chi connectivity index (χ2n) is 7.25. The number of nitrogens with zero attached hydrogens (tertiary/aromatic N) is 4. The molecule has 0 aliphatic carbocycles. The molecule has 0 radical (unpaired) electrons. The quantitative estimate of drug-likeness (QED) is 0.758. The maximum atomic E-state index is 12.2. The summed E-state index contributed by atoms with van der Waals surface area (Å²) in [6.07, 6.45) is 7.20. The van der Waals surface area contributed by atoms with E-state index in [4.69, 9.17) is 4.74 Å². The Hall–Kier alpha value is -2.06. The van der Waals surface area contributed by atoms with Gasteiger partial charge >= 0.3 is 0 Å². The molecule has 0 saturated carbocycles. The van der Waals surface area contributed by atoms with Crippen LogP contribution in [0.15, 0.2) is 18.6 Å². The third-order valence-electron chi connectivity index (χ3n) is 4.98. The highest BCUT2D eigenvalue weighted by atomic mass is 16.5. The minimum Gasteiger partial charge on any atom is -0.375 e. The van der Waals surface area contributed by atoms with Crippen molar-refractivity contribution in [2.75, 3.05) is 33.8 Å². The molecule has 2 saturated heterocycles. The van der Waals surface area contributed by atoms with Gasteiger partial charge in [-0.1, -0.05) is 0 Å². The molecule has 3 rings (SSSR count). The van der Waals surface area contributed by atoms with Crippen LogP contribution in [-0.4, -0.2) is 83.6 Å². The van der Waals surface area contributed by atoms with E-state index in [9.17, 15) is 9.59 Å². The van der Waals surface area contributed by atoms with Crippen molar-refractivity contribution in [1.29, 1.82) is 0 Å². The van der Waals surface area contributed by atoms with Crippen LogP contribution in [0, 0.1) is 0 Å². The number of nitrogens with one attached hydrogen (secondary N) is 1. The van der Waals surface area contributed by atoms with Gasteiger partial charge in [-0.15, -0.1) is 0 Å². The number of amides is 2. The van der Waals surface area contributed by atoms with E-state index in [-0.39, 0.29) is 24.0 Å². The fourth-order valence-corrected chi connectivity index (χ4v) is 3.55. The van der Waals surface area contributed by atoms with Gasteiger partial charge in [0.25, 0.3) is 0 Å². The van der Waals surface area contributed by atoms with E-state index in [1.807, 2.05) is 0 Å². The second kappa shape index (κ2) is 8.55. The molecule has 1 aromatic rings. The van der Waals surface area contributed by atoms with Gasteiger partial charge in [0.1, 0.15) is 0 Å². The number of fused-ring (bicyclic) bond motifs is 1. The molecule has 0 aromatic carbocycles. The Balaban J connectivity index is 1.42. The zero-order valence-corrected chi connectivity index (χ0v) is 15.4. The lowest BCUT2D eigenvalue weighted by molar-refractivity contribution is -0.134. The van der Waals surface area contributed by atoms with Crippen LogP contribution in [0.25, 0.3) is 0 Å². The summed E-state index contributed by atoms with van der Waals surface area (Å²) in [5.41, 5.74) is 0.827. The summed E-state index contributed by atoms with van der Waals surface area (Å²) in [5.74, 6) is 0.127. The molecular weight excluding hydrogens is 334 g/mol. The molecule has 0 unspecified atom stereocenters. The molecule has 2 amide bonds. The molecule has 2 aliphatic rings. The molecule has 8 heteroatoms. The minimum atomic E-state index is -0.0627. The van der Waals surface area contributed by atoms with Crippen LogP contribution in [-0.2, 0) is 20.7 Å². The van der Waals surface area contributed by atoms with E-state index in [1.54, 1.807) is 37.6 Å². The minimum absolute atomic E-state index is 0.0424. The zero-order valence-electron chi connectivity index (χ0n) is 15.4. The van der Waals surface area contributed by atoms with Crippen LogP contribution in [0.4, 0.5) is 0 Å². The van der Waals surface area contributed by atoms with Crippen LogP contribution in [0.5, 0.6) is 0 Å². The van der Waals surface area contributed by atoms with Gasteiger partial charge in [0, 0.05) is 64.3 Å². The van der Waals surface area contributed by atoms with E-state index < -0.39 is 0 Å². The normalized spacial score (nSPS) is 25.5. The number of carbonyl (C=O) groups excluding carboxylic acids is 2. The summed E-state index contributed by atoms with van der Waals surface area (Å²) < 4.78 is 5.85. The SMILES string of the molecule is CN(C)C(=O)C[C@H]1CN2C[C@@H](NC(=O)CCc3cnccn3)C[C@H]2CO1. The maximum Gasteiger partial charge on any atom is 0.224 e. The second-order valence-corrected chi connectivity index (χ2v) is 7.25. The summed E-state index contributed by atoms with van der Waals surface area (Å²) in [6.45, 7) is 2.19. The lowest BCUT2D eigenvalue weighted by Crippen LogP contribution is -2.47. The molecule has 142 valence electrons. The average molecular weight is 361 g/mol. The highest BCUT2D eigenvalue weighted by Crippen LogP contribution is 2.24. The average Bonchev–Trinajstić information content (AvgIpc) is 3.02. The fourth-order valence-electron chi connectivity index (χ4n) is 3.55. The molecule has 3 atom stereocenters. The molecule has 8 nitrogen and oxygen atoms in total. The molecule has 2 aliphatic heterocycles. The molecule has 0 bridgehead atoms.